The molecule has 1 N–H and O–H groups in total. The fourth-order valence-corrected chi connectivity index (χ4v) is 2.41. The first kappa shape index (κ1) is 24.3. The summed E-state index contributed by atoms with van der Waals surface area (Å²) in [5.41, 5.74) is 0. The molecule has 0 radical (unpaired) electrons. The van der Waals surface area contributed by atoms with Gasteiger partial charge in [-0.3, -0.25) is 0 Å². The molecular weight excluding hydrogens is 287 g/mol. The molecule has 0 rings (SSSR count). The second-order valence-electron chi connectivity index (χ2n) is 5.89. The Kier molecular flexibility index (Phi) is 21.0. The van der Waals surface area contributed by atoms with Crippen LogP contribution in [0, 0.1) is 0 Å². The predicted octanol–water partition coefficient (Wildman–Crippen LogP) is 1.66. The van der Waals surface area contributed by atoms with E-state index in [2.05, 4.69) is 6.92 Å². The molecule has 0 atom stereocenters. The third kappa shape index (κ3) is 20.0. The Morgan fingerprint density at radius 2 is 1.32 bits per heavy atom. The number of allylic oxidation sites excluding steroid dienone is 2. The minimum atomic E-state index is -1.11. The van der Waals surface area contributed by atoms with Crippen LogP contribution in [0.4, 0.5) is 0 Å². The summed E-state index contributed by atoms with van der Waals surface area (Å²) in [6.45, 7) is 2.25. The van der Waals surface area contributed by atoms with Gasteiger partial charge in [-0.15, -0.1) is 0 Å². The van der Waals surface area contributed by atoms with Gasteiger partial charge in [0.25, 0.3) is 0 Å². The quantitative estimate of drug-likeness (QED) is 0.284. The Morgan fingerprint density at radius 1 is 0.864 bits per heavy atom. The number of carboxylic acids is 1. The minimum Gasteiger partial charge on any atom is -0.550 e. The molecule has 22 heavy (non-hydrogen) atoms. The van der Waals surface area contributed by atoms with Crippen LogP contribution in [0.3, 0.4) is 0 Å². The van der Waals surface area contributed by atoms with Gasteiger partial charge in [-0.25, -0.2) is 0 Å². The summed E-state index contributed by atoms with van der Waals surface area (Å²) in [6.07, 6.45) is 17.1. The summed E-state index contributed by atoms with van der Waals surface area (Å²) >= 11 is 0. The molecule has 0 amide bonds. The summed E-state index contributed by atoms with van der Waals surface area (Å²) in [5, 5.41) is 19.7. The topological polar surface area (TPSA) is 60.4 Å². The van der Waals surface area contributed by atoms with Crippen LogP contribution in [0.2, 0.25) is 0 Å². The van der Waals surface area contributed by atoms with Crippen molar-refractivity contribution in [3.8, 4) is 0 Å². The van der Waals surface area contributed by atoms with Crippen molar-refractivity contribution in [1.82, 2.24) is 0 Å². The fraction of sp³-hybridized carbons (Fsp3) is 0.833. The average molecular weight is 320 g/mol. The van der Waals surface area contributed by atoms with Crippen molar-refractivity contribution in [1.29, 1.82) is 0 Å². The molecule has 0 fully saturated rings. The molecule has 0 aliphatic rings. The smallest absolute Gasteiger partial charge is 0.550 e. The van der Waals surface area contributed by atoms with Crippen molar-refractivity contribution < 1.29 is 44.6 Å². The van der Waals surface area contributed by atoms with E-state index in [1.807, 2.05) is 0 Å². The predicted molar refractivity (Wildman–Crippen MR) is 86.0 cm³/mol. The Morgan fingerprint density at radius 3 is 1.77 bits per heavy atom. The molecular formula is C18H33NaO3. The van der Waals surface area contributed by atoms with E-state index < -0.39 is 5.97 Å². The second-order valence-corrected chi connectivity index (χ2v) is 5.89. The number of hydrogen-bond donors (Lipinski definition) is 1. The van der Waals surface area contributed by atoms with Gasteiger partial charge in [0.1, 0.15) is 0 Å². The number of rotatable bonds is 15. The molecule has 4 heteroatoms. The molecule has 0 aliphatic heterocycles. The van der Waals surface area contributed by atoms with Gasteiger partial charge >= 0.3 is 29.6 Å². The molecule has 124 valence electrons. The monoisotopic (exact) mass is 320 g/mol. The van der Waals surface area contributed by atoms with Gasteiger partial charge in [0, 0.05) is 12.4 Å². The number of carboxylic acid groups (broad SMARTS) is 1. The van der Waals surface area contributed by atoms with Gasteiger partial charge in [0.15, 0.2) is 0 Å². The second kappa shape index (κ2) is 19.1. The molecule has 0 heterocycles. The number of aliphatic hydroxyl groups excluding tert-OH is 1. The third-order valence-electron chi connectivity index (χ3n) is 3.77. The Balaban J connectivity index is 0. The molecule has 0 spiro atoms. The molecule has 0 saturated heterocycles. The van der Waals surface area contributed by atoms with Crippen LogP contribution in [0.5, 0.6) is 0 Å². The molecule has 0 saturated carbocycles. The van der Waals surface area contributed by atoms with Gasteiger partial charge in [0.2, 0.25) is 0 Å². The maximum absolute atomic E-state index is 10.2. The minimum absolute atomic E-state index is 0. The summed E-state index contributed by atoms with van der Waals surface area (Å²) in [4.78, 5) is 10.2. The standard InChI is InChI=1S/C18H34O3.Na/c1-2-3-4-5-6-7-8-9-10-11-12-13-14-17(19)15-16-18(20)21;/h14,19H,2-13,15-16H2,1H3,(H,20,21);/q;+1/p-1. The van der Waals surface area contributed by atoms with Crippen LogP contribution >= 0.6 is 0 Å². The van der Waals surface area contributed by atoms with Crippen LogP contribution in [0.15, 0.2) is 11.8 Å². The summed E-state index contributed by atoms with van der Waals surface area (Å²) in [5.74, 6) is -0.920. The van der Waals surface area contributed by atoms with Crippen LogP contribution in [-0.4, -0.2) is 11.1 Å². The molecule has 0 aromatic carbocycles. The third-order valence-corrected chi connectivity index (χ3v) is 3.77. The normalized spacial score (nSPS) is 11.2. The number of carbonyl (C=O) groups excluding carboxylic acids is 1. The van der Waals surface area contributed by atoms with Crippen molar-refractivity contribution in [3.05, 3.63) is 11.8 Å². The van der Waals surface area contributed by atoms with E-state index in [-0.39, 0.29) is 48.2 Å². The Bertz CT molecular complexity index is 278. The number of unbranched alkanes of at least 4 members (excludes halogenated alkanes) is 11. The van der Waals surface area contributed by atoms with Gasteiger partial charge in [0.05, 0.1) is 5.76 Å². The zero-order valence-electron chi connectivity index (χ0n) is 14.7. The largest absolute Gasteiger partial charge is 1.00 e. The molecule has 0 aromatic heterocycles. The van der Waals surface area contributed by atoms with Crippen molar-refractivity contribution in [2.45, 2.75) is 96.8 Å². The number of carbonyl (C=O) groups is 1. The van der Waals surface area contributed by atoms with Crippen molar-refractivity contribution in [3.63, 3.8) is 0 Å². The first-order valence-corrected chi connectivity index (χ1v) is 8.74. The maximum atomic E-state index is 10.2. The van der Waals surface area contributed by atoms with Crippen molar-refractivity contribution in [2.75, 3.05) is 0 Å². The molecule has 0 unspecified atom stereocenters. The Labute approximate surface area is 158 Å². The summed E-state index contributed by atoms with van der Waals surface area (Å²) in [6, 6.07) is 0. The molecule has 0 aromatic rings. The maximum Gasteiger partial charge on any atom is 1.00 e. The SMILES string of the molecule is CCCCCCCCCCCCCC=C(O)CCC(=O)[O-].[Na+]. The van der Waals surface area contributed by atoms with E-state index in [0.717, 1.165) is 12.8 Å². The van der Waals surface area contributed by atoms with Crippen LogP contribution < -0.4 is 34.7 Å². The number of aliphatic hydroxyl groups is 1. The van der Waals surface area contributed by atoms with E-state index in [0.29, 0.717) is 0 Å². The molecule has 0 aliphatic carbocycles. The van der Waals surface area contributed by atoms with Crippen LogP contribution in [-0.2, 0) is 4.79 Å². The van der Waals surface area contributed by atoms with E-state index in [9.17, 15) is 15.0 Å². The van der Waals surface area contributed by atoms with E-state index in [4.69, 9.17) is 0 Å². The zero-order valence-corrected chi connectivity index (χ0v) is 16.7. The van der Waals surface area contributed by atoms with Crippen molar-refractivity contribution >= 4 is 5.97 Å². The van der Waals surface area contributed by atoms with E-state index in [1.165, 1.54) is 64.2 Å². The van der Waals surface area contributed by atoms with Crippen LogP contribution in [0.25, 0.3) is 0 Å². The van der Waals surface area contributed by atoms with E-state index >= 15 is 0 Å². The molecule has 3 nitrogen and oxygen atoms in total. The first-order chi connectivity index (χ1) is 10.2. The number of aliphatic carboxylic acids is 1. The van der Waals surface area contributed by atoms with E-state index in [1.54, 1.807) is 6.08 Å². The van der Waals surface area contributed by atoms with Crippen molar-refractivity contribution in [2.24, 2.45) is 0 Å². The fourth-order valence-electron chi connectivity index (χ4n) is 2.41. The Hall–Kier alpha value is 0.0100. The van der Waals surface area contributed by atoms with Gasteiger partial charge in [-0.05, 0) is 25.3 Å². The van der Waals surface area contributed by atoms with Crippen LogP contribution in [0.1, 0.15) is 96.8 Å². The summed E-state index contributed by atoms with van der Waals surface area (Å²) < 4.78 is 0. The summed E-state index contributed by atoms with van der Waals surface area (Å²) in [7, 11) is 0. The van der Waals surface area contributed by atoms with Gasteiger partial charge in [-0.2, -0.15) is 0 Å². The average Bonchev–Trinajstić information content (AvgIpc) is 2.46. The first-order valence-electron chi connectivity index (χ1n) is 8.74. The van der Waals surface area contributed by atoms with Gasteiger partial charge in [-0.1, -0.05) is 71.1 Å². The molecule has 0 bridgehead atoms. The van der Waals surface area contributed by atoms with Gasteiger partial charge < -0.3 is 15.0 Å². The zero-order chi connectivity index (χ0) is 15.8. The number of hydrogen-bond acceptors (Lipinski definition) is 3.